The normalized spacial score (nSPS) is 16.6. The second kappa shape index (κ2) is 8.46. The lowest BCUT2D eigenvalue weighted by molar-refractivity contribution is -0.137. The summed E-state index contributed by atoms with van der Waals surface area (Å²) in [6.45, 7) is 2.72. The van der Waals surface area contributed by atoms with Crippen LogP contribution in [0.2, 0.25) is 0 Å². The predicted molar refractivity (Wildman–Crippen MR) is 100 cm³/mol. The second-order valence-electron chi connectivity index (χ2n) is 6.64. The van der Waals surface area contributed by atoms with Gasteiger partial charge < -0.3 is 15.5 Å². The van der Waals surface area contributed by atoms with Gasteiger partial charge in [-0.15, -0.1) is 0 Å². The zero-order valence-electron chi connectivity index (χ0n) is 15.7. The van der Waals surface area contributed by atoms with Crippen LogP contribution in [0.25, 0.3) is 0 Å². The highest BCUT2D eigenvalue weighted by molar-refractivity contribution is 5.96. The predicted octanol–water partition coefficient (Wildman–Crippen LogP) is 2.85. The van der Waals surface area contributed by atoms with Gasteiger partial charge in [0.25, 0.3) is 5.91 Å². The zero-order chi connectivity index (χ0) is 21.0. The molecule has 2 aromatic rings. The summed E-state index contributed by atoms with van der Waals surface area (Å²) >= 11 is 0. The number of aromatic nitrogens is 2. The van der Waals surface area contributed by atoms with Crippen LogP contribution in [-0.4, -0.2) is 40.9 Å². The Morgan fingerprint density at radius 1 is 1.24 bits per heavy atom. The molecule has 1 aliphatic rings. The van der Waals surface area contributed by atoms with Crippen LogP contribution in [0.15, 0.2) is 36.7 Å². The Labute approximate surface area is 165 Å². The van der Waals surface area contributed by atoms with Gasteiger partial charge in [-0.3, -0.25) is 9.59 Å². The maximum absolute atomic E-state index is 12.7. The van der Waals surface area contributed by atoms with Crippen LogP contribution in [0, 0.1) is 0 Å². The van der Waals surface area contributed by atoms with E-state index in [-0.39, 0.29) is 17.9 Å². The maximum Gasteiger partial charge on any atom is 0.417 e. The standard InChI is InChI=1S/C19H20F3N5O2/c1-2-17(28)26-15-9-12(5-7-23-15)18(29)25-14-6-8-27(11-14)16-4-3-13(10-24-16)19(20,21)22/h3-5,7,9-10,14H,2,6,8,11H2,1H3,(H,25,29)(H,23,26,28). The number of pyridine rings is 2. The van der Waals surface area contributed by atoms with Crippen molar-refractivity contribution >= 4 is 23.5 Å². The number of halogens is 3. The van der Waals surface area contributed by atoms with E-state index in [0.29, 0.717) is 43.1 Å². The third kappa shape index (κ3) is 5.21. The SMILES string of the molecule is CCC(=O)Nc1cc(C(=O)NC2CCN(c3ccc(C(F)(F)F)cn3)C2)ccn1. The fraction of sp³-hybridized carbons (Fsp3) is 0.368. The highest BCUT2D eigenvalue weighted by Gasteiger charge is 2.31. The van der Waals surface area contributed by atoms with E-state index in [0.717, 1.165) is 12.3 Å². The van der Waals surface area contributed by atoms with Crippen molar-refractivity contribution < 1.29 is 22.8 Å². The Balaban J connectivity index is 1.59. The maximum atomic E-state index is 12.7. The summed E-state index contributed by atoms with van der Waals surface area (Å²) in [7, 11) is 0. The lowest BCUT2D eigenvalue weighted by Crippen LogP contribution is -2.37. The number of nitrogens with one attached hydrogen (secondary N) is 2. The fourth-order valence-corrected chi connectivity index (χ4v) is 2.97. The minimum absolute atomic E-state index is 0.173. The highest BCUT2D eigenvalue weighted by Crippen LogP contribution is 2.29. The molecule has 3 heterocycles. The molecule has 154 valence electrons. The zero-order valence-corrected chi connectivity index (χ0v) is 15.7. The largest absolute Gasteiger partial charge is 0.417 e. The summed E-state index contributed by atoms with van der Waals surface area (Å²) in [5, 5.41) is 5.49. The lowest BCUT2D eigenvalue weighted by Gasteiger charge is -2.18. The molecule has 0 aromatic carbocycles. The molecule has 10 heteroatoms. The molecule has 0 radical (unpaired) electrons. The first-order valence-corrected chi connectivity index (χ1v) is 9.11. The van der Waals surface area contributed by atoms with Gasteiger partial charge in [-0.2, -0.15) is 13.2 Å². The number of amides is 2. The van der Waals surface area contributed by atoms with Crippen molar-refractivity contribution in [2.45, 2.75) is 32.0 Å². The Morgan fingerprint density at radius 3 is 2.69 bits per heavy atom. The van der Waals surface area contributed by atoms with E-state index in [1.807, 2.05) is 4.90 Å². The van der Waals surface area contributed by atoms with Crippen molar-refractivity contribution in [1.29, 1.82) is 0 Å². The summed E-state index contributed by atoms with van der Waals surface area (Å²) in [6.07, 6.45) is -1.24. The van der Waals surface area contributed by atoms with Crippen LogP contribution >= 0.6 is 0 Å². The minimum Gasteiger partial charge on any atom is -0.354 e. The van der Waals surface area contributed by atoms with Crippen molar-refractivity contribution in [3.05, 3.63) is 47.8 Å². The molecule has 1 saturated heterocycles. The van der Waals surface area contributed by atoms with E-state index in [2.05, 4.69) is 20.6 Å². The highest BCUT2D eigenvalue weighted by atomic mass is 19.4. The summed E-state index contributed by atoms with van der Waals surface area (Å²) < 4.78 is 38.0. The molecule has 1 aliphatic heterocycles. The molecule has 2 N–H and O–H groups in total. The Kier molecular flexibility index (Phi) is 6.00. The summed E-state index contributed by atoms with van der Waals surface area (Å²) in [4.78, 5) is 33.7. The van der Waals surface area contributed by atoms with Crippen LogP contribution in [0.3, 0.4) is 0 Å². The molecule has 2 aromatic heterocycles. The number of carbonyl (C=O) groups is 2. The molecule has 0 aliphatic carbocycles. The van der Waals surface area contributed by atoms with Gasteiger partial charge in [0.2, 0.25) is 5.91 Å². The molecule has 0 saturated carbocycles. The van der Waals surface area contributed by atoms with E-state index in [1.54, 1.807) is 13.0 Å². The first-order valence-electron chi connectivity index (χ1n) is 9.11. The van der Waals surface area contributed by atoms with Crippen molar-refractivity contribution in [1.82, 2.24) is 15.3 Å². The third-order valence-corrected chi connectivity index (χ3v) is 4.53. The van der Waals surface area contributed by atoms with E-state index in [9.17, 15) is 22.8 Å². The van der Waals surface area contributed by atoms with Crippen LogP contribution in [0.5, 0.6) is 0 Å². The number of hydrogen-bond acceptors (Lipinski definition) is 5. The van der Waals surface area contributed by atoms with Crippen LogP contribution in [0.1, 0.15) is 35.7 Å². The smallest absolute Gasteiger partial charge is 0.354 e. The number of hydrogen-bond donors (Lipinski definition) is 2. The number of alkyl halides is 3. The molecule has 7 nitrogen and oxygen atoms in total. The summed E-state index contributed by atoms with van der Waals surface area (Å²) in [6, 6.07) is 5.19. The third-order valence-electron chi connectivity index (χ3n) is 4.53. The van der Waals surface area contributed by atoms with E-state index in [4.69, 9.17) is 0 Å². The molecule has 1 fully saturated rings. The quantitative estimate of drug-likeness (QED) is 0.796. The van der Waals surface area contributed by atoms with Gasteiger partial charge in [-0.05, 0) is 30.7 Å². The minimum atomic E-state index is -4.42. The van der Waals surface area contributed by atoms with Crippen molar-refractivity contribution in [2.24, 2.45) is 0 Å². The van der Waals surface area contributed by atoms with Crippen molar-refractivity contribution in [3.8, 4) is 0 Å². The first kappa shape index (κ1) is 20.6. The van der Waals surface area contributed by atoms with Gasteiger partial charge >= 0.3 is 6.18 Å². The number of anilines is 2. The second-order valence-corrected chi connectivity index (χ2v) is 6.64. The van der Waals surface area contributed by atoms with Gasteiger partial charge in [0, 0.05) is 43.5 Å². The topological polar surface area (TPSA) is 87.2 Å². The van der Waals surface area contributed by atoms with E-state index < -0.39 is 11.7 Å². The Morgan fingerprint density at radius 2 is 2.03 bits per heavy atom. The fourth-order valence-electron chi connectivity index (χ4n) is 2.97. The molecule has 1 atom stereocenters. The Hall–Kier alpha value is -3.17. The number of carbonyl (C=O) groups excluding carboxylic acids is 2. The first-order chi connectivity index (χ1) is 13.8. The van der Waals surface area contributed by atoms with Gasteiger partial charge in [-0.1, -0.05) is 6.92 Å². The lowest BCUT2D eigenvalue weighted by atomic mass is 10.2. The van der Waals surface area contributed by atoms with E-state index >= 15 is 0 Å². The monoisotopic (exact) mass is 407 g/mol. The summed E-state index contributed by atoms with van der Waals surface area (Å²) in [5.41, 5.74) is -0.438. The molecule has 2 amide bonds. The van der Waals surface area contributed by atoms with Crippen LogP contribution in [0.4, 0.5) is 24.8 Å². The molecule has 1 unspecified atom stereocenters. The van der Waals surface area contributed by atoms with Gasteiger partial charge in [-0.25, -0.2) is 9.97 Å². The van der Waals surface area contributed by atoms with Gasteiger partial charge in [0.1, 0.15) is 11.6 Å². The van der Waals surface area contributed by atoms with Gasteiger partial charge in [0.05, 0.1) is 5.56 Å². The average molecular weight is 407 g/mol. The van der Waals surface area contributed by atoms with Crippen molar-refractivity contribution in [2.75, 3.05) is 23.3 Å². The molecule has 29 heavy (non-hydrogen) atoms. The van der Waals surface area contributed by atoms with E-state index in [1.165, 1.54) is 18.3 Å². The molecular formula is C19H20F3N5O2. The van der Waals surface area contributed by atoms with Crippen molar-refractivity contribution in [3.63, 3.8) is 0 Å². The molecule has 0 bridgehead atoms. The molecule has 3 rings (SSSR count). The van der Waals surface area contributed by atoms with Crippen LogP contribution in [-0.2, 0) is 11.0 Å². The Bertz CT molecular complexity index is 886. The van der Waals surface area contributed by atoms with Gasteiger partial charge in [0.15, 0.2) is 0 Å². The average Bonchev–Trinajstić information content (AvgIpc) is 3.16. The van der Waals surface area contributed by atoms with Crippen LogP contribution < -0.4 is 15.5 Å². The number of rotatable bonds is 5. The number of nitrogens with zero attached hydrogens (tertiary/aromatic N) is 3. The molecular weight excluding hydrogens is 387 g/mol. The summed E-state index contributed by atoms with van der Waals surface area (Å²) in [5.74, 6) is 0.215. The molecule has 0 spiro atoms.